The zero-order chi connectivity index (χ0) is 16.4. The van der Waals surface area contributed by atoms with Gasteiger partial charge in [-0.05, 0) is 28.5 Å². The topological polar surface area (TPSA) is 49.3 Å². The van der Waals surface area contributed by atoms with Crippen LogP contribution in [-0.4, -0.2) is 11.0 Å². The summed E-state index contributed by atoms with van der Waals surface area (Å²) >= 11 is 6.32. The van der Waals surface area contributed by atoms with E-state index < -0.39 is 6.04 Å². The van der Waals surface area contributed by atoms with Gasteiger partial charge in [-0.2, -0.15) is 0 Å². The van der Waals surface area contributed by atoms with Crippen molar-refractivity contribution in [1.29, 1.82) is 0 Å². The van der Waals surface area contributed by atoms with Gasteiger partial charge in [0.05, 0.1) is 6.04 Å². The third kappa shape index (κ3) is 3.01. The molecule has 1 atom stereocenters. The molecule has 3 nitrogen and oxygen atoms in total. The Hall–Kier alpha value is -2.52. The van der Waals surface area contributed by atoms with Crippen LogP contribution in [0.1, 0.15) is 24.1 Å². The Morgan fingerprint density at radius 3 is 2.48 bits per heavy atom. The Morgan fingerprint density at radius 1 is 1.04 bits per heavy atom. The summed E-state index contributed by atoms with van der Waals surface area (Å²) in [6, 6.07) is 18.0. The van der Waals surface area contributed by atoms with E-state index in [1.54, 1.807) is 12.1 Å². The van der Waals surface area contributed by atoms with Crippen LogP contribution in [0.3, 0.4) is 0 Å². The summed E-state index contributed by atoms with van der Waals surface area (Å²) < 4.78 is 0. The average molecular weight is 326 g/mol. The quantitative estimate of drug-likeness (QED) is 0.748. The standard InChI is InChI=1S/C19H16ClNO2/c1-12(22)21-19(15-8-4-5-9-16(15)20)18-14-7-3-2-6-13(14)10-11-17(18)23/h2-11,19,23H,1H3,(H,21,22). The van der Waals surface area contributed by atoms with Crippen molar-refractivity contribution in [2.24, 2.45) is 0 Å². The number of phenols is 1. The molecular formula is C19H16ClNO2. The fraction of sp³-hybridized carbons (Fsp3) is 0.105. The van der Waals surface area contributed by atoms with Gasteiger partial charge in [0.15, 0.2) is 0 Å². The van der Waals surface area contributed by atoms with Crippen LogP contribution in [-0.2, 0) is 4.79 Å². The first-order valence-electron chi connectivity index (χ1n) is 7.30. The molecule has 3 aromatic rings. The first-order chi connectivity index (χ1) is 11.1. The van der Waals surface area contributed by atoms with E-state index in [1.165, 1.54) is 6.92 Å². The van der Waals surface area contributed by atoms with Gasteiger partial charge in [0.25, 0.3) is 0 Å². The summed E-state index contributed by atoms with van der Waals surface area (Å²) in [7, 11) is 0. The molecule has 0 aromatic heterocycles. The van der Waals surface area contributed by atoms with Gasteiger partial charge in [0.2, 0.25) is 5.91 Å². The average Bonchev–Trinajstić information content (AvgIpc) is 2.53. The van der Waals surface area contributed by atoms with Crippen LogP contribution >= 0.6 is 11.6 Å². The summed E-state index contributed by atoms with van der Waals surface area (Å²) in [5.74, 6) is -0.0652. The maximum absolute atomic E-state index is 11.7. The zero-order valence-electron chi connectivity index (χ0n) is 12.6. The predicted molar refractivity (Wildman–Crippen MR) is 92.7 cm³/mol. The van der Waals surface area contributed by atoms with Crippen molar-refractivity contribution in [3.63, 3.8) is 0 Å². The molecule has 0 saturated carbocycles. The lowest BCUT2D eigenvalue weighted by Crippen LogP contribution is -2.27. The Kier molecular flexibility index (Phi) is 4.22. The number of benzene rings is 3. The molecule has 0 aliphatic rings. The molecular weight excluding hydrogens is 310 g/mol. The van der Waals surface area contributed by atoms with Gasteiger partial charge in [-0.3, -0.25) is 4.79 Å². The molecule has 2 N–H and O–H groups in total. The van der Waals surface area contributed by atoms with E-state index in [2.05, 4.69) is 5.32 Å². The molecule has 0 fully saturated rings. The highest BCUT2D eigenvalue weighted by Crippen LogP contribution is 2.37. The van der Waals surface area contributed by atoms with Gasteiger partial charge in [-0.15, -0.1) is 0 Å². The third-order valence-corrected chi connectivity index (χ3v) is 4.14. The lowest BCUT2D eigenvalue weighted by atomic mass is 9.92. The molecule has 0 aliphatic carbocycles. The zero-order valence-corrected chi connectivity index (χ0v) is 13.3. The minimum Gasteiger partial charge on any atom is -0.508 e. The van der Waals surface area contributed by atoms with Crippen molar-refractivity contribution in [2.45, 2.75) is 13.0 Å². The predicted octanol–water partition coefficient (Wildman–Crippen LogP) is 4.42. The van der Waals surface area contributed by atoms with Crippen molar-refractivity contribution < 1.29 is 9.90 Å². The van der Waals surface area contributed by atoms with Crippen LogP contribution in [0.15, 0.2) is 60.7 Å². The van der Waals surface area contributed by atoms with E-state index in [1.807, 2.05) is 48.5 Å². The monoisotopic (exact) mass is 325 g/mol. The van der Waals surface area contributed by atoms with Crippen LogP contribution in [0.5, 0.6) is 5.75 Å². The second-order valence-electron chi connectivity index (χ2n) is 5.37. The molecule has 1 amide bonds. The van der Waals surface area contributed by atoms with Crippen LogP contribution in [0.2, 0.25) is 5.02 Å². The number of fused-ring (bicyclic) bond motifs is 1. The summed E-state index contributed by atoms with van der Waals surface area (Å²) in [6.45, 7) is 1.45. The van der Waals surface area contributed by atoms with Gasteiger partial charge in [-0.25, -0.2) is 0 Å². The van der Waals surface area contributed by atoms with Crippen LogP contribution in [0.25, 0.3) is 10.8 Å². The van der Waals surface area contributed by atoms with E-state index in [4.69, 9.17) is 11.6 Å². The maximum atomic E-state index is 11.7. The fourth-order valence-corrected chi connectivity index (χ4v) is 3.05. The number of nitrogens with one attached hydrogen (secondary N) is 1. The molecule has 116 valence electrons. The van der Waals surface area contributed by atoms with Gasteiger partial charge < -0.3 is 10.4 Å². The molecule has 1 unspecified atom stereocenters. The highest BCUT2D eigenvalue weighted by atomic mass is 35.5. The largest absolute Gasteiger partial charge is 0.508 e. The first kappa shape index (κ1) is 15.4. The van der Waals surface area contributed by atoms with Crippen LogP contribution < -0.4 is 5.32 Å². The van der Waals surface area contributed by atoms with Crippen molar-refractivity contribution in [1.82, 2.24) is 5.32 Å². The number of carbonyl (C=O) groups excluding carboxylic acids is 1. The molecule has 0 spiro atoms. The lowest BCUT2D eigenvalue weighted by Gasteiger charge is -2.22. The van der Waals surface area contributed by atoms with Gasteiger partial charge in [0, 0.05) is 17.5 Å². The van der Waals surface area contributed by atoms with Crippen molar-refractivity contribution in [3.8, 4) is 5.75 Å². The van der Waals surface area contributed by atoms with Crippen molar-refractivity contribution >= 4 is 28.3 Å². The second-order valence-corrected chi connectivity index (χ2v) is 5.78. The smallest absolute Gasteiger partial charge is 0.217 e. The van der Waals surface area contributed by atoms with Crippen LogP contribution in [0.4, 0.5) is 0 Å². The van der Waals surface area contributed by atoms with Crippen LogP contribution in [0, 0.1) is 0 Å². The molecule has 0 bridgehead atoms. The molecule has 3 rings (SSSR count). The van der Waals surface area contributed by atoms with Gasteiger partial charge in [0.1, 0.15) is 5.75 Å². The summed E-state index contributed by atoms with van der Waals surface area (Å²) in [6.07, 6.45) is 0. The highest BCUT2D eigenvalue weighted by molar-refractivity contribution is 6.31. The Bertz CT molecular complexity index is 876. The molecule has 4 heteroatoms. The highest BCUT2D eigenvalue weighted by Gasteiger charge is 2.23. The number of hydrogen-bond acceptors (Lipinski definition) is 2. The SMILES string of the molecule is CC(=O)NC(c1ccccc1Cl)c1c(O)ccc2ccccc12. The summed E-state index contributed by atoms with van der Waals surface area (Å²) in [5.41, 5.74) is 1.39. The van der Waals surface area contributed by atoms with Crippen molar-refractivity contribution in [3.05, 3.63) is 76.8 Å². The Balaban J connectivity index is 2.28. The van der Waals surface area contributed by atoms with Gasteiger partial charge in [-0.1, -0.05) is 60.1 Å². The second kappa shape index (κ2) is 6.31. The minimum atomic E-state index is -0.521. The van der Waals surface area contributed by atoms with E-state index in [0.717, 1.165) is 16.3 Å². The summed E-state index contributed by atoms with van der Waals surface area (Å²) in [5, 5.41) is 15.8. The van der Waals surface area contributed by atoms with E-state index in [-0.39, 0.29) is 11.7 Å². The number of carbonyl (C=O) groups is 1. The molecule has 3 aromatic carbocycles. The minimum absolute atomic E-state index is 0.127. The van der Waals surface area contributed by atoms with Gasteiger partial charge >= 0.3 is 0 Å². The molecule has 0 aliphatic heterocycles. The van der Waals surface area contributed by atoms with Crippen molar-refractivity contribution in [2.75, 3.05) is 0 Å². The van der Waals surface area contributed by atoms with E-state index >= 15 is 0 Å². The lowest BCUT2D eigenvalue weighted by molar-refractivity contribution is -0.119. The number of phenolic OH excluding ortho intramolecular Hbond substituents is 1. The maximum Gasteiger partial charge on any atom is 0.217 e. The fourth-order valence-electron chi connectivity index (χ4n) is 2.81. The molecule has 0 radical (unpaired) electrons. The van der Waals surface area contributed by atoms with E-state index in [0.29, 0.717) is 10.6 Å². The number of hydrogen-bond donors (Lipinski definition) is 2. The molecule has 23 heavy (non-hydrogen) atoms. The summed E-state index contributed by atoms with van der Waals surface area (Å²) in [4.78, 5) is 11.7. The molecule has 0 saturated heterocycles. The number of amides is 1. The first-order valence-corrected chi connectivity index (χ1v) is 7.68. The Morgan fingerprint density at radius 2 is 1.74 bits per heavy atom. The van der Waals surface area contributed by atoms with E-state index in [9.17, 15) is 9.90 Å². The number of rotatable bonds is 3. The third-order valence-electron chi connectivity index (χ3n) is 3.80. The normalized spacial score (nSPS) is 12.1. The number of aromatic hydroxyl groups is 1. The number of halogens is 1. The Labute approximate surface area is 139 Å². The molecule has 0 heterocycles.